The summed E-state index contributed by atoms with van der Waals surface area (Å²) in [7, 11) is 0. The van der Waals surface area contributed by atoms with Crippen molar-refractivity contribution in [3.63, 3.8) is 0 Å². The van der Waals surface area contributed by atoms with Crippen LogP contribution in [0.3, 0.4) is 0 Å². The van der Waals surface area contributed by atoms with Crippen LogP contribution in [0.5, 0.6) is 0 Å². The van der Waals surface area contributed by atoms with E-state index in [2.05, 4.69) is 150 Å². The van der Waals surface area contributed by atoms with Crippen LogP contribution in [0, 0.1) is 0 Å². The van der Waals surface area contributed by atoms with Crippen molar-refractivity contribution < 1.29 is 4.42 Å². The summed E-state index contributed by atoms with van der Waals surface area (Å²) in [6.45, 7) is 0. The molecule has 2 N–H and O–H groups in total. The third-order valence-corrected chi connectivity index (χ3v) is 12.5. The van der Waals surface area contributed by atoms with E-state index in [1.165, 1.54) is 51.5 Å². The molecule has 4 nitrogen and oxygen atoms in total. The van der Waals surface area contributed by atoms with E-state index in [0.717, 1.165) is 44.5 Å². The second-order valence-electron chi connectivity index (χ2n) is 13.2. The van der Waals surface area contributed by atoms with Gasteiger partial charge in [-0.1, -0.05) is 109 Å². The van der Waals surface area contributed by atoms with Crippen LogP contribution in [0.25, 0.3) is 73.4 Å². The van der Waals surface area contributed by atoms with Gasteiger partial charge in [0, 0.05) is 62.2 Å². The smallest absolute Gasteiger partial charge is 0.135 e. The van der Waals surface area contributed by atoms with Crippen LogP contribution in [0.15, 0.2) is 161 Å². The minimum Gasteiger partial charge on any atom is -0.456 e. The van der Waals surface area contributed by atoms with Gasteiger partial charge < -0.3 is 9.73 Å². The average molecular weight is 692 g/mol. The van der Waals surface area contributed by atoms with E-state index in [9.17, 15) is 0 Å². The Morgan fingerprint density at radius 2 is 1.25 bits per heavy atom. The molecule has 0 saturated carbocycles. The summed E-state index contributed by atoms with van der Waals surface area (Å²) in [6, 6.07) is 54.3. The fourth-order valence-corrected chi connectivity index (χ4v) is 10.1. The van der Waals surface area contributed by atoms with E-state index >= 15 is 0 Å². The maximum atomic E-state index is 6.29. The zero-order valence-electron chi connectivity index (χ0n) is 27.3. The van der Waals surface area contributed by atoms with Crippen LogP contribution >= 0.6 is 22.7 Å². The van der Waals surface area contributed by atoms with E-state index in [1.807, 2.05) is 34.8 Å². The van der Waals surface area contributed by atoms with E-state index in [-0.39, 0.29) is 12.3 Å². The molecule has 0 bridgehead atoms. The molecular weight excluding hydrogens is 663 g/mol. The van der Waals surface area contributed by atoms with Gasteiger partial charge in [0.1, 0.15) is 29.3 Å². The molecule has 4 heterocycles. The highest BCUT2D eigenvalue weighted by Gasteiger charge is 2.26. The Morgan fingerprint density at radius 1 is 0.510 bits per heavy atom. The van der Waals surface area contributed by atoms with Crippen molar-refractivity contribution in [2.24, 2.45) is 4.99 Å². The fraction of sp³-hybridized carbons (Fsp3) is 0.0444. The second kappa shape index (κ2) is 11.4. The molecule has 11 rings (SSSR count). The first-order valence-corrected chi connectivity index (χ1v) is 18.8. The Morgan fingerprint density at radius 3 is 2.20 bits per heavy atom. The number of amidine groups is 1. The molecule has 2 unspecified atom stereocenters. The number of nitrogens with one attached hydrogen (secondary N) is 2. The average Bonchev–Trinajstić information content (AvgIpc) is 3.88. The molecule has 0 spiro atoms. The highest BCUT2D eigenvalue weighted by atomic mass is 32.1. The molecule has 0 fully saturated rings. The number of thiophene rings is 2. The summed E-state index contributed by atoms with van der Waals surface area (Å²) in [5.41, 5.74) is 7.60. The first kappa shape index (κ1) is 29.0. The lowest BCUT2D eigenvalue weighted by atomic mass is 9.97. The molecule has 242 valence electrons. The minimum atomic E-state index is -0.278. The molecular formula is C45H29N3OS2. The van der Waals surface area contributed by atoms with E-state index in [0.29, 0.717) is 0 Å². The Balaban J connectivity index is 1.07. The van der Waals surface area contributed by atoms with Gasteiger partial charge in [0.15, 0.2) is 0 Å². The van der Waals surface area contributed by atoms with Gasteiger partial charge in [0.25, 0.3) is 0 Å². The van der Waals surface area contributed by atoms with Gasteiger partial charge >= 0.3 is 0 Å². The Bertz CT molecular complexity index is 3010. The van der Waals surface area contributed by atoms with Crippen LogP contribution in [0.2, 0.25) is 0 Å². The van der Waals surface area contributed by atoms with Crippen molar-refractivity contribution in [3.05, 3.63) is 168 Å². The number of rotatable bonds is 4. The molecule has 2 atom stereocenters. The van der Waals surface area contributed by atoms with Gasteiger partial charge in [-0.05, 0) is 59.2 Å². The summed E-state index contributed by atoms with van der Waals surface area (Å²) >= 11 is 3.74. The summed E-state index contributed by atoms with van der Waals surface area (Å²) in [4.78, 5) is 5.33. The number of fused-ring (bicyclic) bond motifs is 9. The number of para-hydroxylation sites is 1. The molecule has 51 heavy (non-hydrogen) atoms. The first-order valence-electron chi connectivity index (χ1n) is 17.2. The molecule has 1 aliphatic rings. The van der Waals surface area contributed by atoms with Crippen LogP contribution in [0.1, 0.15) is 29.0 Å². The van der Waals surface area contributed by atoms with E-state index in [1.54, 1.807) is 0 Å². The molecule has 0 saturated heterocycles. The molecule has 10 aromatic rings. The molecule has 0 aliphatic carbocycles. The summed E-state index contributed by atoms with van der Waals surface area (Å²) < 4.78 is 11.5. The number of hydrogen-bond acceptors (Lipinski definition) is 6. The van der Waals surface area contributed by atoms with Gasteiger partial charge in [-0.2, -0.15) is 0 Å². The van der Waals surface area contributed by atoms with Crippen LogP contribution in [-0.2, 0) is 0 Å². The lowest BCUT2D eigenvalue weighted by Crippen LogP contribution is -2.44. The predicted octanol–water partition coefficient (Wildman–Crippen LogP) is 12.3. The lowest BCUT2D eigenvalue weighted by molar-refractivity contribution is 0.409. The third-order valence-electron chi connectivity index (χ3n) is 10.2. The topological polar surface area (TPSA) is 49.6 Å². The highest BCUT2D eigenvalue weighted by molar-refractivity contribution is 7.26. The van der Waals surface area contributed by atoms with Crippen molar-refractivity contribution in [1.82, 2.24) is 10.6 Å². The van der Waals surface area contributed by atoms with Crippen LogP contribution < -0.4 is 10.6 Å². The lowest BCUT2D eigenvalue weighted by Gasteiger charge is -2.32. The molecule has 3 aromatic heterocycles. The standard InChI is InChI=1S/C45H29N3OS2/c1-2-10-26(11-3-1)43-46-44(48-45(47-43)28-20-22-30-29-12-4-6-17-36(29)49-37(30)25-28)27-21-23-39-35(24-27)41-32(14-9-19-40(41)50-39)34-16-8-15-33-31-13-5-7-18-38(31)51-42(33)34/h1-25,43,45,47H,(H,46,48). The van der Waals surface area contributed by atoms with Crippen molar-refractivity contribution in [1.29, 1.82) is 0 Å². The van der Waals surface area contributed by atoms with Crippen molar-refractivity contribution in [2.75, 3.05) is 0 Å². The zero-order chi connectivity index (χ0) is 33.5. The van der Waals surface area contributed by atoms with Crippen molar-refractivity contribution in [3.8, 4) is 11.1 Å². The molecule has 1 aliphatic heterocycles. The van der Waals surface area contributed by atoms with Crippen molar-refractivity contribution >= 4 is 90.8 Å². The number of nitrogens with zero attached hydrogens (tertiary/aromatic N) is 1. The summed E-state index contributed by atoms with van der Waals surface area (Å²) in [6.07, 6.45) is -0.411. The van der Waals surface area contributed by atoms with Crippen LogP contribution in [0.4, 0.5) is 0 Å². The number of benzene rings is 7. The minimum absolute atomic E-state index is 0.133. The molecule has 0 amide bonds. The summed E-state index contributed by atoms with van der Waals surface area (Å²) in [5, 5.41) is 15.0. The largest absolute Gasteiger partial charge is 0.456 e. The molecule has 0 radical (unpaired) electrons. The van der Waals surface area contributed by atoms with Gasteiger partial charge in [-0.25, -0.2) is 4.99 Å². The van der Waals surface area contributed by atoms with Crippen molar-refractivity contribution in [2.45, 2.75) is 12.3 Å². The third kappa shape index (κ3) is 4.65. The second-order valence-corrected chi connectivity index (χ2v) is 15.3. The van der Waals surface area contributed by atoms with E-state index in [4.69, 9.17) is 9.41 Å². The Labute approximate surface area is 301 Å². The maximum absolute atomic E-state index is 6.29. The highest BCUT2D eigenvalue weighted by Crippen LogP contribution is 2.45. The maximum Gasteiger partial charge on any atom is 0.135 e. The molecule has 6 heteroatoms. The van der Waals surface area contributed by atoms with Gasteiger partial charge in [0.05, 0.1) is 0 Å². The first-order chi connectivity index (χ1) is 25.2. The normalized spacial score (nSPS) is 16.4. The molecule has 7 aromatic carbocycles. The summed E-state index contributed by atoms with van der Waals surface area (Å²) in [5.74, 6) is 0.864. The monoisotopic (exact) mass is 691 g/mol. The van der Waals surface area contributed by atoms with Crippen LogP contribution in [-0.4, -0.2) is 5.84 Å². The zero-order valence-corrected chi connectivity index (χ0v) is 28.9. The number of aliphatic imine (C=N–C) groups is 1. The Hall–Kier alpha value is -5.79. The van der Waals surface area contributed by atoms with E-state index < -0.39 is 0 Å². The van der Waals surface area contributed by atoms with Gasteiger partial charge in [-0.15, -0.1) is 22.7 Å². The predicted molar refractivity (Wildman–Crippen MR) is 216 cm³/mol. The van der Waals surface area contributed by atoms with Gasteiger partial charge in [-0.3, -0.25) is 5.32 Å². The number of hydrogen-bond donors (Lipinski definition) is 2. The number of furan rings is 1. The quantitative estimate of drug-likeness (QED) is 0.193. The SMILES string of the molecule is c1ccc(C2NC(c3ccc4sc5cccc(-c6cccc7c6sc6ccccc67)c5c4c3)=NC(c3ccc4c(c3)oc3ccccc34)N2)cc1. The fourth-order valence-electron chi connectivity index (χ4n) is 7.76. The Kier molecular flexibility index (Phi) is 6.46. The van der Waals surface area contributed by atoms with Gasteiger partial charge in [0.2, 0.25) is 0 Å².